The minimum Gasteiger partial charge on any atom is -0.497 e. The highest BCUT2D eigenvalue weighted by atomic mass is 16.5. The number of rotatable bonds is 9. The van der Waals surface area contributed by atoms with Gasteiger partial charge in [0, 0.05) is 56.9 Å². The Hall–Kier alpha value is -1.34. The Kier molecular flexibility index (Phi) is 7.76. The van der Waals surface area contributed by atoms with E-state index in [1.165, 1.54) is 25.7 Å². The molecule has 6 heteroatoms. The van der Waals surface area contributed by atoms with Gasteiger partial charge in [0.05, 0.1) is 7.11 Å². The van der Waals surface area contributed by atoms with Crippen LogP contribution in [0.15, 0.2) is 18.2 Å². The summed E-state index contributed by atoms with van der Waals surface area (Å²) in [7, 11) is 3.80. The summed E-state index contributed by atoms with van der Waals surface area (Å²) in [5.74, 6) is 1.58. The second kappa shape index (κ2) is 10.3. The number of β-amino-alcohol motifs (C(OH)–C–C–N with tert-alkyl or cyclic N) is 1. The molecule has 0 radical (unpaired) electrons. The summed E-state index contributed by atoms with van der Waals surface area (Å²) in [6, 6.07) is 6.57. The molecule has 1 aliphatic carbocycles. The van der Waals surface area contributed by atoms with Gasteiger partial charge in [-0.05, 0) is 26.0 Å². The molecule has 0 bridgehead atoms. The van der Waals surface area contributed by atoms with Gasteiger partial charge in [-0.25, -0.2) is 0 Å². The zero-order chi connectivity index (χ0) is 19.1. The summed E-state index contributed by atoms with van der Waals surface area (Å²) >= 11 is 0. The van der Waals surface area contributed by atoms with Gasteiger partial charge in [-0.15, -0.1) is 0 Å². The van der Waals surface area contributed by atoms with Crippen molar-refractivity contribution in [3.63, 3.8) is 0 Å². The Balaban J connectivity index is 1.52. The third kappa shape index (κ3) is 6.35. The van der Waals surface area contributed by atoms with Gasteiger partial charge in [-0.3, -0.25) is 4.90 Å². The molecule has 2 aliphatic rings. The number of aliphatic hydroxyl groups excluding tert-OH is 1. The lowest BCUT2D eigenvalue weighted by Gasteiger charge is -2.33. The van der Waals surface area contributed by atoms with Gasteiger partial charge in [-0.1, -0.05) is 18.9 Å². The topological polar surface area (TPSA) is 57.2 Å². The van der Waals surface area contributed by atoms with Gasteiger partial charge in [0.2, 0.25) is 0 Å². The number of methoxy groups -OCH3 is 1. The molecule has 152 valence electrons. The van der Waals surface area contributed by atoms with Crippen LogP contribution in [-0.2, 0) is 6.54 Å². The van der Waals surface area contributed by atoms with Crippen molar-refractivity contribution in [2.45, 2.75) is 44.4 Å². The number of nitrogens with one attached hydrogen (secondary N) is 1. The van der Waals surface area contributed by atoms with Crippen molar-refractivity contribution in [3.05, 3.63) is 23.8 Å². The Morgan fingerprint density at radius 3 is 2.63 bits per heavy atom. The van der Waals surface area contributed by atoms with Gasteiger partial charge >= 0.3 is 0 Å². The number of aliphatic hydroxyl groups is 1. The SMILES string of the molecule is COc1ccc(CNC2CCCC2)c(OC[C@H](O)CN2CCN(C)CC2)c1. The first kappa shape index (κ1) is 20.4. The van der Waals surface area contributed by atoms with Gasteiger partial charge in [0.15, 0.2) is 0 Å². The minimum atomic E-state index is -0.491. The quantitative estimate of drug-likeness (QED) is 0.683. The lowest BCUT2D eigenvalue weighted by molar-refractivity contribution is 0.0501. The van der Waals surface area contributed by atoms with Crippen LogP contribution in [-0.4, -0.2) is 80.5 Å². The van der Waals surface area contributed by atoms with E-state index in [1.807, 2.05) is 12.1 Å². The van der Waals surface area contributed by atoms with E-state index < -0.39 is 6.10 Å². The van der Waals surface area contributed by atoms with E-state index in [4.69, 9.17) is 9.47 Å². The molecule has 27 heavy (non-hydrogen) atoms. The molecule has 0 amide bonds. The van der Waals surface area contributed by atoms with Crippen LogP contribution in [0.25, 0.3) is 0 Å². The number of benzene rings is 1. The summed E-state index contributed by atoms with van der Waals surface area (Å²) in [6.07, 6.45) is 4.67. The molecule has 3 rings (SSSR count). The number of nitrogens with zero attached hydrogens (tertiary/aromatic N) is 2. The van der Waals surface area contributed by atoms with Gasteiger partial charge in [-0.2, -0.15) is 0 Å². The highest BCUT2D eigenvalue weighted by molar-refractivity contribution is 5.40. The number of likely N-dealkylation sites (N-methyl/N-ethyl adjacent to an activating group) is 1. The summed E-state index contributed by atoms with van der Waals surface area (Å²) in [6.45, 7) is 5.87. The molecule has 2 fully saturated rings. The number of ether oxygens (including phenoxy) is 2. The van der Waals surface area contributed by atoms with Crippen molar-refractivity contribution in [2.75, 3.05) is 53.5 Å². The van der Waals surface area contributed by atoms with Gasteiger partial charge in [0.25, 0.3) is 0 Å². The van der Waals surface area contributed by atoms with E-state index in [2.05, 4.69) is 28.2 Å². The maximum Gasteiger partial charge on any atom is 0.127 e. The van der Waals surface area contributed by atoms with Crippen molar-refractivity contribution < 1.29 is 14.6 Å². The van der Waals surface area contributed by atoms with Crippen LogP contribution in [0.4, 0.5) is 0 Å². The van der Waals surface area contributed by atoms with Crippen molar-refractivity contribution in [1.29, 1.82) is 0 Å². The third-order valence-electron chi connectivity index (χ3n) is 5.71. The van der Waals surface area contributed by atoms with Crippen molar-refractivity contribution >= 4 is 0 Å². The van der Waals surface area contributed by atoms with E-state index in [-0.39, 0.29) is 0 Å². The fourth-order valence-corrected chi connectivity index (χ4v) is 3.89. The van der Waals surface area contributed by atoms with Crippen molar-refractivity contribution in [3.8, 4) is 11.5 Å². The fraction of sp³-hybridized carbons (Fsp3) is 0.714. The van der Waals surface area contributed by atoms with E-state index in [1.54, 1.807) is 7.11 Å². The molecule has 1 aliphatic heterocycles. The van der Waals surface area contributed by atoms with Gasteiger partial charge < -0.3 is 24.8 Å². The summed E-state index contributed by atoms with van der Waals surface area (Å²) < 4.78 is 11.4. The predicted octanol–water partition coefficient (Wildman–Crippen LogP) is 1.71. The smallest absolute Gasteiger partial charge is 0.127 e. The van der Waals surface area contributed by atoms with Crippen LogP contribution in [0, 0.1) is 0 Å². The zero-order valence-corrected chi connectivity index (χ0v) is 16.8. The number of hydrogen-bond donors (Lipinski definition) is 2. The minimum absolute atomic E-state index is 0.302. The molecule has 1 atom stereocenters. The third-order valence-corrected chi connectivity index (χ3v) is 5.71. The standard InChI is InChI=1S/C21H35N3O3/c1-23-9-11-24(12-10-23)15-19(25)16-27-21-13-20(26-2)8-7-17(21)14-22-18-5-3-4-6-18/h7-8,13,18-19,22,25H,3-6,9-12,14-16H2,1-2H3/t19-/m1/s1. The van der Waals surface area contributed by atoms with Crippen LogP contribution in [0.5, 0.6) is 11.5 Å². The Bertz CT molecular complexity index is 570. The van der Waals surface area contributed by atoms with E-state index in [0.717, 1.165) is 49.8 Å². The Labute approximate surface area is 163 Å². The fourth-order valence-electron chi connectivity index (χ4n) is 3.89. The van der Waals surface area contributed by atoms with Gasteiger partial charge in [0.1, 0.15) is 24.2 Å². The monoisotopic (exact) mass is 377 g/mol. The molecular formula is C21H35N3O3. The molecule has 6 nitrogen and oxygen atoms in total. The molecule has 1 aromatic carbocycles. The first-order valence-electron chi connectivity index (χ1n) is 10.3. The van der Waals surface area contributed by atoms with E-state index in [0.29, 0.717) is 19.2 Å². The maximum atomic E-state index is 10.4. The molecule has 0 spiro atoms. The molecule has 1 saturated carbocycles. The summed E-state index contributed by atoms with van der Waals surface area (Å²) in [5.41, 5.74) is 1.12. The molecule has 1 saturated heterocycles. The highest BCUT2D eigenvalue weighted by Gasteiger charge is 2.19. The van der Waals surface area contributed by atoms with Crippen LogP contribution in [0.2, 0.25) is 0 Å². The molecule has 0 aromatic heterocycles. The average Bonchev–Trinajstić information content (AvgIpc) is 3.20. The van der Waals surface area contributed by atoms with Crippen LogP contribution >= 0.6 is 0 Å². The Morgan fingerprint density at radius 1 is 1.19 bits per heavy atom. The molecule has 1 heterocycles. The molecular weight excluding hydrogens is 342 g/mol. The molecule has 0 unspecified atom stereocenters. The highest BCUT2D eigenvalue weighted by Crippen LogP contribution is 2.26. The second-order valence-electron chi connectivity index (χ2n) is 7.90. The summed E-state index contributed by atoms with van der Waals surface area (Å²) in [5, 5.41) is 14.1. The average molecular weight is 378 g/mol. The lowest BCUT2D eigenvalue weighted by Crippen LogP contribution is -2.47. The molecule has 2 N–H and O–H groups in total. The van der Waals surface area contributed by atoms with Crippen LogP contribution < -0.4 is 14.8 Å². The van der Waals surface area contributed by atoms with Crippen molar-refractivity contribution in [2.24, 2.45) is 0 Å². The van der Waals surface area contributed by atoms with E-state index >= 15 is 0 Å². The van der Waals surface area contributed by atoms with Crippen molar-refractivity contribution in [1.82, 2.24) is 15.1 Å². The first-order valence-corrected chi connectivity index (χ1v) is 10.3. The predicted molar refractivity (Wildman–Crippen MR) is 108 cm³/mol. The molecule has 1 aromatic rings. The zero-order valence-electron chi connectivity index (χ0n) is 16.8. The Morgan fingerprint density at radius 2 is 1.93 bits per heavy atom. The van der Waals surface area contributed by atoms with Crippen LogP contribution in [0.3, 0.4) is 0 Å². The first-order chi connectivity index (χ1) is 13.1. The second-order valence-corrected chi connectivity index (χ2v) is 7.90. The lowest BCUT2D eigenvalue weighted by atomic mass is 10.1. The number of hydrogen-bond acceptors (Lipinski definition) is 6. The normalized spacial score (nSPS) is 20.7. The maximum absolute atomic E-state index is 10.4. The summed E-state index contributed by atoms with van der Waals surface area (Å²) in [4.78, 5) is 4.63. The van der Waals surface area contributed by atoms with E-state index in [9.17, 15) is 5.11 Å². The van der Waals surface area contributed by atoms with Crippen LogP contribution in [0.1, 0.15) is 31.2 Å². The number of piperazine rings is 1. The largest absolute Gasteiger partial charge is 0.497 e.